The van der Waals surface area contributed by atoms with Gasteiger partial charge in [-0.05, 0) is 74.3 Å². The van der Waals surface area contributed by atoms with E-state index in [4.69, 9.17) is 9.72 Å². The van der Waals surface area contributed by atoms with Crippen molar-refractivity contribution >= 4 is 42.6 Å². The van der Waals surface area contributed by atoms with Crippen LogP contribution < -0.4 is 9.64 Å². The lowest BCUT2D eigenvalue weighted by Gasteiger charge is -2.33. The van der Waals surface area contributed by atoms with Gasteiger partial charge in [-0.2, -0.15) is 4.31 Å². The Kier molecular flexibility index (Phi) is 9.40. The highest BCUT2D eigenvalue weighted by Gasteiger charge is 2.35. The molecule has 8 nitrogen and oxygen atoms in total. The number of piperidine rings is 1. The molecular weight excluding hydrogens is 520 g/mol. The van der Waals surface area contributed by atoms with Gasteiger partial charge >= 0.3 is 0 Å². The Morgan fingerprint density at radius 3 is 2.34 bits per heavy atom. The number of aryl methyl sites for hydroxylation is 1. The van der Waals surface area contributed by atoms with Crippen molar-refractivity contribution in [2.24, 2.45) is 5.92 Å². The first kappa shape index (κ1) is 28.5. The van der Waals surface area contributed by atoms with E-state index in [9.17, 15) is 13.2 Å². The molecule has 2 aromatic carbocycles. The highest BCUT2D eigenvalue weighted by atomic mass is 32.2. The Hall–Kier alpha value is -2.53. The third kappa shape index (κ3) is 6.20. The molecule has 1 saturated heterocycles. The largest absolute Gasteiger partial charge is 0.497 e. The van der Waals surface area contributed by atoms with Crippen LogP contribution in [0.4, 0.5) is 5.13 Å². The van der Waals surface area contributed by atoms with Gasteiger partial charge in [0.05, 0.1) is 22.2 Å². The fourth-order valence-electron chi connectivity index (χ4n) is 4.83. The number of rotatable bonds is 11. The molecule has 1 aromatic heterocycles. The van der Waals surface area contributed by atoms with Crippen LogP contribution in [0.5, 0.6) is 5.75 Å². The van der Waals surface area contributed by atoms with Gasteiger partial charge in [0.25, 0.3) is 0 Å². The molecule has 10 heteroatoms. The van der Waals surface area contributed by atoms with E-state index in [1.165, 1.54) is 9.87 Å². The van der Waals surface area contributed by atoms with Crippen molar-refractivity contribution in [1.29, 1.82) is 0 Å². The molecule has 0 N–H and O–H groups in total. The second-order valence-electron chi connectivity index (χ2n) is 9.52. The minimum atomic E-state index is -3.62. The van der Waals surface area contributed by atoms with E-state index in [0.717, 1.165) is 41.4 Å². The molecule has 1 aliphatic rings. The van der Waals surface area contributed by atoms with Gasteiger partial charge in [-0.15, -0.1) is 0 Å². The molecule has 38 heavy (non-hydrogen) atoms. The number of thiazole rings is 1. The molecule has 3 aromatic rings. The van der Waals surface area contributed by atoms with Crippen molar-refractivity contribution in [2.45, 2.75) is 44.9 Å². The summed E-state index contributed by atoms with van der Waals surface area (Å²) in [5.74, 6) is 0.402. The number of carbonyl (C=O) groups excluding carboxylic acids is 1. The highest BCUT2D eigenvalue weighted by molar-refractivity contribution is 7.89. The highest BCUT2D eigenvalue weighted by Crippen LogP contribution is 2.33. The standard InChI is InChI=1S/C28H38N4O4S2/c1-5-21-8-13-25-26(20-21)37-28(29-25)32(19-18-30(6-2)7-3)27(33)22-14-16-31(17-15-22)38(34,35)24-11-9-23(36-4)10-12-24/h8-13,20,22H,5-7,14-19H2,1-4H3. The number of sulfonamides is 1. The summed E-state index contributed by atoms with van der Waals surface area (Å²) in [6.45, 7) is 10.2. The van der Waals surface area contributed by atoms with Gasteiger partial charge in [-0.3, -0.25) is 9.69 Å². The third-order valence-electron chi connectivity index (χ3n) is 7.38. The Bertz CT molecular complexity index is 1330. The Labute approximate surface area is 230 Å². The number of fused-ring (bicyclic) bond motifs is 1. The van der Waals surface area contributed by atoms with Crippen molar-refractivity contribution in [3.05, 3.63) is 48.0 Å². The topological polar surface area (TPSA) is 83.1 Å². The van der Waals surface area contributed by atoms with Crippen LogP contribution in [0.15, 0.2) is 47.4 Å². The summed E-state index contributed by atoms with van der Waals surface area (Å²) >= 11 is 1.56. The number of ether oxygens (including phenoxy) is 1. The van der Waals surface area contributed by atoms with Gasteiger partial charge in [-0.1, -0.05) is 38.2 Å². The Morgan fingerprint density at radius 1 is 1.05 bits per heavy atom. The molecule has 0 spiro atoms. The molecule has 206 valence electrons. The van der Waals surface area contributed by atoms with Crippen molar-refractivity contribution in [2.75, 3.05) is 51.3 Å². The van der Waals surface area contributed by atoms with E-state index in [2.05, 4.69) is 37.8 Å². The van der Waals surface area contributed by atoms with Crippen LogP contribution in [0.1, 0.15) is 39.2 Å². The normalized spacial score (nSPS) is 15.3. The van der Waals surface area contributed by atoms with Crippen LogP contribution in [0.3, 0.4) is 0 Å². The molecule has 4 rings (SSSR count). The second-order valence-corrected chi connectivity index (χ2v) is 12.5. The van der Waals surface area contributed by atoms with E-state index >= 15 is 0 Å². The molecule has 0 radical (unpaired) electrons. The number of benzene rings is 2. The van der Waals surface area contributed by atoms with Crippen LogP contribution in [0.25, 0.3) is 10.2 Å². The summed E-state index contributed by atoms with van der Waals surface area (Å²) in [6, 6.07) is 12.7. The van der Waals surface area contributed by atoms with Crippen molar-refractivity contribution in [1.82, 2.24) is 14.2 Å². The maximum atomic E-state index is 13.9. The van der Waals surface area contributed by atoms with Crippen LogP contribution in [-0.2, 0) is 21.2 Å². The van der Waals surface area contributed by atoms with Crippen LogP contribution in [-0.4, -0.2) is 74.9 Å². The number of amides is 1. The number of likely N-dealkylation sites (N-methyl/N-ethyl adjacent to an activating group) is 1. The average molecular weight is 559 g/mol. The second kappa shape index (κ2) is 12.5. The molecule has 0 unspecified atom stereocenters. The number of hydrogen-bond acceptors (Lipinski definition) is 7. The molecular formula is C28H38N4O4S2. The van der Waals surface area contributed by atoms with E-state index in [1.54, 1.807) is 42.7 Å². The minimum absolute atomic E-state index is 0.0356. The van der Waals surface area contributed by atoms with Gasteiger partial charge in [0.1, 0.15) is 5.75 Å². The van der Waals surface area contributed by atoms with Crippen LogP contribution in [0, 0.1) is 5.92 Å². The van der Waals surface area contributed by atoms with E-state index in [0.29, 0.717) is 38.2 Å². The minimum Gasteiger partial charge on any atom is -0.497 e. The molecule has 1 amide bonds. The fraction of sp³-hybridized carbons (Fsp3) is 0.500. The monoisotopic (exact) mass is 558 g/mol. The Morgan fingerprint density at radius 2 is 1.74 bits per heavy atom. The van der Waals surface area contributed by atoms with Gasteiger partial charge in [-0.25, -0.2) is 13.4 Å². The molecule has 2 heterocycles. The number of aromatic nitrogens is 1. The molecule has 0 saturated carbocycles. The maximum Gasteiger partial charge on any atom is 0.243 e. The van der Waals surface area contributed by atoms with Crippen molar-refractivity contribution in [3.8, 4) is 5.75 Å². The quantitative estimate of drug-likeness (QED) is 0.341. The Balaban J connectivity index is 1.51. The summed E-state index contributed by atoms with van der Waals surface area (Å²) < 4.78 is 34.1. The van der Waals surface area contributed by atoms with Crippen molar-refractivity contribution < 1.29 is 17.9 Å². The van der Waals surface area contributed by atoms with Crippen LogP contribution in [0.2, 0.25) is 0 Å². The lowest BCUT2D eigenvalue weighted by Crippen LogP contribution is -2.46. The van der Waals surface area contributed by atoms with Gasteiger partial charge in [0, 0.05) is 32.1 Å². The smallest absolute Gasteiger partial charge is 0.243 e. The summed E-state index contributed by atoms with van der Waals surface area (Å²) in [6.07, 6.45) is 1.92. The summed E-state index contributed by atoms with van der Waals surface area (Å²) in [5.41, 5.74) is 2.16. The van der Waals surface area contributed by atoms with E-state index in [1.807, 2.05) is 11.0 Å². The molecule has 0 atom stereocenters. The number of anilines is 1. The number of methoxy groups -OCH3 is 1. The summed E-state index contributed by atoms with van der Waals surface area (Å²) in [7, 11) is -2.08. The number of nitrogens with zero attached hydrogens (tertiary/aromatic N) is 4. The predicted molar refractivity (Wildman–Crippen MR) is 154 cm³/mol. The molecule has 1 aliphatic heterocycles. The van der Waals surface area contributed by atoms with E-state index in [-0.39, 0.29) is 16.7 Å². The summed E-state index contributed by atoms with van der Waals surface area (Å²) in [5, 5.41) is 0.721. The SMILES string of the molecule is CCc1ccc2nc(N(CCN(CC)CC)C(=O)C3CCN(S(=O)(=O)c4ccc(OC)cc4)CC3)sc2c1. The molecule has 1 fully saturated rings. The number of carbonyl (C=O) groups is 1. The molecule has 0 bridgehead atoms. The van der Waals surface area contributed by atoms with Gasteiger partial charge in [0.2, 0.25) is 15.9 Å². The zero-order valence-electron chi connectivity index (χ0n) is 22.7. The van der Waals surface area contributed by atoms with Gasteiger partial charge in [0.15, 0.2) is 5.13 Å². The average Bonchev–Trinajstić information content (AvgIpc) is 3.38. The maximum absolute atomic E-state index is 13.9. The third-order valence-corrected chi connectivity index (χ3v) is 10.3. The first-order valence-corrected chi connectivity index (χ1v) is 15.6. The molecule has 0 aliphatic carbocycles. The first-order valence-electron chi connectivity index (χ1n) is 13.4. The fourth-order valence-corrected chi connectivity index (χ4v) is 7.36. The summed E-state index contributed by atoms with van der Waals surface area (Å²) in [4.78, 5) is 23.1. The zero-order valence-corrected chi connectivity index (χ0v) is 24.4. The first-order chi connectivity index (χ1) is 18.3. The zero-order chi connectivity index (χ0) is 27.3. The van der Waals surface area contributed by atoms with Crippen LogP contribution >= 0.6 is 11.3 Å². The van der Waals surface area contributed by atoms with E-state index < -0.39 is 10.0 Å². The van der Waals surface area contributed by atoms with Gasteiger partial charge < -0.3 is 9.64 Å². The van der Waals surface area contributed by atoms with Crippen molar-refractivity contribution in [3.63, 3.8) is 0 Å². The lowest BCUT2D eigenvalue weighted by atomic mass is 9.96. The lowest BCUT2D eigenvalue weighted by molar-refractivity contribution is -0.123. The predicted octanol–water partition coefficient (Wildman–Crippen LogP) is 4.64. The number of hydrogen-bond donors (Lipinski definition) is 0.